The average Bonchev–Trinajstić information content (AvgIpc) is 2.67. The van der Waals surface area contributed by atoms with Crippen LogP contribution in [0.1, 0.15) is 13.8 Å². The van der Waals surface area contributed by atoms with Crippen LogP contribution < -0.4 is 0 Å². The van der Waals surface area contributed by atoms with Crippen LogP contribution in [0.25, 0.3) is 0 Å². The second kappa shape index (κ2) is 4.14. The first-order chi connectivity index (χ1) is 6.72. The lowest BCUT2D eigenvalue weighted by Crippen LogP contribution is -2.34. The molecule has 0 unspecified atom stereocenters. The molecule has 0 aromatic rings. The number of hydrogen-bond acceptors (Lipinski definition) is 4. The molecule has 2 aliphatic rings. The van der Waals surface area contributed by atoms with Crippen molar-refractivity contribution in [2.75, 3.05) is 20.3 Å². The first-order valence-electron chi connectivity index (χ1n) is 5.14. The van der Waals surface area contributed by atoms with Gasteiger partial charge in [0.05, 0.1) is 19.3 Å². The topological polar surface area (TPSA) is 36.9 Å². The Balaban J connectivity index is 1.94. The van der Waals surface area contributed by atoms with Gasteiger partial charge in [0.1, 0.15) is 24.4 Å². The molecule has 0 aliphatic carbocycles. The van der Waals surface area contributed by atoms with E-state index in [4.69, 9.17) is 18.9 Å². The van der Waals surface area contributed by atoms with Crippen LogP contribution in [0.4, 0.5) is 0 Å². The van der Waals surface area contributed by atoms with Gasteiger partial charge in [-0.1, -0.05) is 0 Å². The zero-order valence-corrected chi connectivity index (χ0v) is 8.93. The quantitative estimate of drug-likeness (QED) is 0.671. The Kier molecular flexibility index (Phi) is 3.07. The smallest absolute Gasteiger partial charge is 0.115 e. The van der Waals surface area contributed by atoms with E-state index in [1.165, 1.54) is 0 Å². The summed E-state index contributed by atoms with van der Waals surface area (Å²) in [5.41, 5.74) is 0. The fraction of sp³-hybridized carbons (Fsp3) is 1.00. The molecule has 2 saturated heterocycles. The first kappa shape index (κ1) is 10.4. The van der Waals surface area contributed by atoms with Crippen LogP contribution in [0.2, 0.25) is 0 Å². The molecule has 2 heterocycles. The number of rotatable bonds is 3. The van der Waals surface area contributed by atoms with Gasteiger partial charge in [0.15, 0.2) is 0 Å². The minimum absolute atomic E-state index is 0.0577. The number of hydrogen-bond donors (Lipinski definition) is 0. The van der Waals surface area contributed by atoms with Crippen molar-refractivity contribution < 1.29 is 18.9 Å². The van der Waals surface area contributed by atoms with Crippen LogP contribution in [0.5, 0.6) is 0 Å². The Labute approximate surface area is 84.5 Å². The van der Waals surface area contributed by atoms with E-state index in [-0.39, 0.29) is 30.5 Å². The highest BCUT2D eigenvalue weighted by Crippen LogP contribution is 2.30. The maximum atomic E-state index is 5.71. The number of ether oxygens (including phenoxy) is 4. The van der Waals surface area contributed by atoms with Crippen molar-refractivity contribution in [3.8, 4) is 0 Å². The lowest BCUT2D eigenvalue weighted by atomic mass is 10.1. The van der Waals surface area contributed by atoms with Gasteiger partial charge in [-0.2, -0.15) is 0 Å². The molecule has 4 heteroatoms. The summed E-state index contributed by atoms with van der Waals surface area (Å²) < 4.78 is 22.2. The van der Waals surface area contributed by atoms with E-state index in [9.17, 15) is 0 Å². The Bertz CT molecular complexity index is 195. The van der Waals surface area contributed by atoms with E-state index in [2.05, 4.69) is 0 Å². The first-order valence-corrected chi connectivity index (χ1v) is 5.14. The van der Waals surface area contributed by atoms with Gasteiger partial charge in [-0.15, -0.1) is 0 Å². The van der Waals surface area contributed by atoms with Crippen molar-refractivity contribution in [2.24, 2.45) is 0 Å². The molecule has 2 rings (SSSR count). The lowest BCUT2D eigenvalue weighted by Gasteiger charge is -2.18. The maximum Gasteiger partial charge on any atom is 0.115 e. The molecule has 0 radical (unpaired) electrons. The molecule has 0 spiro atoms. The highest BCUT2D eigenvalue weighted by molar-refractivity contribution is 4.95. The van der Waals surface area contributed by atoms with Crippen molar-refractivity contribution >= 4 is 0 Å². The lowest BCUT2D eigenvalue weighted by molar-refractivity contribution is -0.0629. The van der Waals surface area contributed by atoms with Crippen LogP contribution >= 0.6 is 0 Å². The summed E-state index contributed by atoms with van der Waals surface area (Å²) in [6, 6.07) is 0. The van der Waals surface area contributed by atoms with E-state index in [1.807, 2.05) is 13.8 Å². The molecule has 0 amide bonds. The molecular weight excluding hydrogens is 184 g/mol. The largest absolute Gasteiger partial charge is 0.376 e. The Morgan fingerprint density at radius 3 is 2.21 bits per heavy atom. The second-order valence-electron chi connectivity index (χ2n) is 4.09. The SMILES string of the molecule is CO[C@@H]1CO[C@H]2[C@@H]1OC[C@H]2OC(C)C. The van der Waals surface area contributed by atoms with Crippen molar-refractivity contribution in [3.05, 3.63) is 0 Å². The van der Waals surface area contributed by atoms with E-state index >= 15 is 0 Å². The van der Waals surface area contributed by atoms with E-state index in [1.54, 1.807) is 7.11 Å². The second-order valence-corrected chi connectivity index (χ2v) is 4.09. The molecular formula is C10H18O4. The molecule has 0 aromatic carbocycles. The Morgan fingerprint density at radius 2 is 1.64 bits per heavy atom. The summed E-state index contributed by atoms with van der Waals surface area (Å²) >= 11 is 0. The molecule has 2 fully saturated rings. The van der Waals surface area contributed by atoms with Crippen LogP contribution in [-0.4, -0.2) is 50.8 Å². The fourth-order valence-electron chi connectivity index (χ4n) is 2.10. The highest BCUT2D eigenvalue weighted by atomic mass is 16.6. The summed E-state index contributed by atoms with van der Waals surface area (Å²) in [6.45, 7) is 5.28. The van der Waals surface area contributed by atoms with Crippen LogP contribution in [0.3, 0.4) is 0 Å². The van der Waals surface area contributed by atoms with Crippen LogP contribution in [0, 0.1) is 0 Å². The maximum absolute atomic E-state index is 5.71. The summed E-state index contributed by atoms with van der Waals surface area (Å²) in [7, 11) is 1.69. The summed E-state index contributed by atoms with van der Waals surface area (Å²) in [6.07, 6.45) is 0.472. The van der Waals surface area contributed by atoms with E-state index in [0.717, 1.165) is 0 Å². The average molecular weight is 202 g/mol. The summed E-state index contributed by atoms with van der Waals surface area (Å²) in [4.78, 5) is 0. The third kappa shape index (κ3) is 1.80. The molecule has 0 aromatic heterocycles. The van der Waals surface area contributed by atoms with E-state index < -0.39 is 0 Å². The van der Waals surface area contributed by atoms with Crippen molar-refractivity contribution in [1.29, 1.82) is 0 Å². The van der Waals surface area contributed by atoms with Gasteiger partial charge in [-0.3, -0.25) is 0 Å². The zero-order valence-electron chi connectivity index (χ0n) is 8.93. The summed E-state index contributed by atoms with van der Waals surface area (Å²) in [5.74, 6) is 0. The molecule has 0 saturated carbocycles. The molecule has 4 atom stereocenters. The Hall–Kier alpha value is -0.160. The van der Waals surface area contributed by atoms with Crippen LogP contribution in [0.15, 0.2) is 0 Å². The standard InChI is InChI=1S/C10H18O4/c1-6(2)14-8-5-13-9-7(11-3)4-12-10(8)9/h6-10H,4-5H2,1-3H3/t7-,8-,9-,10-/m1/s1. The molecule has 14 heavy (non-hydrogen) atoms. The van der Waals surface area contributed by atoms with Gasteiger partial charge < -0.3 is 18.9 Å². The van der Waals surface area contributed by atoms with Gasteiger partial charge in [0, 0.05) is 7.11 Å². The van der Waals surface area contributed by atoms with Crippen molar-refractivity contribution in [1.82, 2.24) is 0 Å². The van der Waals surface area contributed by atoms with Crippen molar-refractivity contribution in [2.45, 2.75) is 44.4 Å². The van der Waals surface area contributed by atoms with Gasteiger partial charge in [0.2, 0.25) is 0 Å². The van der Waals surface area contributed by atoms with Crippen LogP contribution in [-0.2, 0) is 18.9 Å². The predicted octanol–water partition coefficient (Wildman–Crippen LogP) is 0.593. The molecule has 82 valence electrons. The van der Waals surface area contributed by atoms with Gasteiger partial charge in [-0.05, 0) is 13.8 Å². The molecule has 4 nitrogen and oxygen atoms in total. The minimum Gasteiger partial charge on any atom is -0.376 e. The molecule has 0 N–H and O–H groups in total. The number of fused-ring (bicyclic) bond motifs is 1. The third-order valence-electron chi connectivity index (χ3n) is 2.71. The number of methoxy groups -OCH3 is 1. The van der Waals surface area contributed by atoms with Gasteiger partial charge in [-0.25, -0.2) is 0 Å². The van der Waals surface area contributed by atoms with E-state index in [0.29, 0.717) is 13.2 Å². The Morgan fingerprint density at radius 1 is 1.07 bits per heavy atom. The van der Waals surface area contributed by atoms with Crippen molar-refractivity contribution in [3.63, 3.8) is 0 Å². The highest BCUT2D eigenvalue weighted by Gasteiger charge is 2.48. The minimum atomic E-state index is 0.0577. The van der Waals surface area contributed by atoms with Gasteiger partial charge >= 0.3 is 0 Å². The molecule has 0 bridgehead atoms. The zero-order chi connectivity index (χ0) is 10.1. The van der Waals surface area contributed by atoms with Gasteiger partial charge in [0.25, 0.3) is 0 Å². The summed E-state index contributed by atoms with van der Waals surface area (Å²) in [5, 5.41) is 0. The third-order valence-corrected chi connectivity index (χ3v) is 2.71. The normalized spacial score (nSPS) is 42.0. The molecule has 2 aliphatic heterocycles. The monoisotopic (exact) mass is 202 g/mol. The fourth-order valence-corrected chi connectivity index (χ4v) is 2.10. The predicted molar refractivity (Wildman–Crippen MR) is 50.3 cm³/mol.